The number of anilines is 2. The standard InChI is InChI=1S/C17H16N4O/c1-12-10-13(6-8-18-12)16-7-9-19-17(21-16)20-14-4-3-5-15(11-14)22-2/h3-11H,1-2H3,(H,19,20,21). The summed E-state index contributed by atoms with van der Waals surface area (Å²) in [7, 11) is 1.64. The van der Waals surface area contributed by atoms with Crippen LogP contribution in [0.5, 0.6) is 5.75 Å². The molecule has 0 aliphatic rings. The molecule has 0 fully saturated rings. The highest BCUT2D eigenvalue weighted by Gasteiger charge is 2.04. The van der Waals surface area contributed by atoms with Crippen molar-refractivity contribution in [1.82, 2.24) is 15.0 Å². The van der Waals surface area contributed by atoms with E-state index in [-0.39, 0.29) is 0 Å². The predicted octanol–water partition coefficient (Wildman–Crippen LogP) is 3.60. The minimum atomic E-state index is 0.542. The lowest BCUT2D eigenvalue weighted by atomic mass is 10.1. The highest BCUT2D eigenvalue weighted by atomic mass is 16.5. The normalized spacial score (nSPS) is 10.3. The van der Waals surface area contributed by atoms with Crippen LogP contribution in [0.1, 0.15) is 5.69 Å². The second-order valence-corrected chi connectivity index (χ2v) is 4.81. The maximum atomic E-state index is 5.21. The molecule has 0 unspecified atom stereocenters. The fourth-order valence-corrected chi connectivity index (χ4v) is 2.11. The molecule has 0 radical (unpaired) electrons. The van der Waals surface area contributed by atoms with E-state index in [1.807, 2.05) is 49.4 Å². The Bertz CT molecular complexity index is 789. The largest absolute Gasteiger partial charge is 0.497 e. The molecular formula is C17H16N4O. The molecule has 0 spiro atoms. The summed E-state index contributed by atoms with van der Waals surface area (Å²) in [4.78, 5) is 13.0. The van der Waals surface area contributed by atoms with Gasteiger partial charge in [-0.2, -0.15) is 0 Å². The number of pyridine rings is 1. The first-order chi connectivity index (χ1) is 10.7. The van der Waals surface area contributed by atoms with Crippen LogP contribution in [-0.2, 0) is 0 Å². The molecule has 1 N–H and O–H groups in total. The number of hydrogen-bond acceptors (Lipinski definition) is 5. The molecule has 0 saturated carbocycles. The molecule has 5 nitrogen and oxygen atoms in total. The van der Waals surface area contributed by atoms with E-state index in [1.54, 1.807) is 19.5 Å². The Kier molecular flexibility index (Phi) is 3.96. The Morgan fingerprint density at radius 1 is 1.00 bits per heavy atom. The van der Waals surface area contributed by atoms with Gasteiger partial charge in [0.05, 0.1) is 12.8 Å². The summed E-state index contributed by atoms with van der Waals surface area (Å²) < 4.78 is 5.21. The fraction of sp³-hybridized carbons (Fsp3) is 0.118. The van der Waals surface area contributed by atoms with Gasteiger partial charge in [0.25, 0.3) is 0 Å². The second-order valence-electron chi connectivity index (χ2n) is 4.81. The molecule has 110 valence electrons. The van der Waals surface area contributed by atoms with Crippen molar-refractivity contribution < 1.29 is 4.74 Å². The summed E-state index contributed by atoms with van der Waals surface area (Å²) in [5, 5.41) is 3.19. The van der Waals surface area contributed by atoms with E-state index in [4.69, 9.17) is 4.74 Å². The first-order valence-electron chi connectivity index (χ1n) is 6.92. The molecule has 0 bridgehead atoms. The van der Waals surface area contributed by atoms with Gasteiger partial charge in [-0.05, 0) is 37.3 Å². The van der Waals surface area contributed by atoms with Crippen LogP contribution in [0, 0.1) is 6.92 Å². The fourth-order valence-electron chi connectivity index (χ4n) is 2.11. The quantitative estimate of drug-likeness (QED) is 0.796. The molecule has 0 amide bonds. The first kappa shape index (κ1) is 14.0. The first-order valence-corrected chi connectivity index (χ1v) is 6.92. The van der Waals surface area contributed by atoms with Crippen molar-refractivity contribution in [3.8, 4) is 17.0 Å². The topological polar surface area (TPSA) is 59.9 Å². The zero-order chi connectivity index (χ0) is 15.4. The number of benzene rings is 1. The van der Waals surface area contributed by atoms with E-state index in [0.29, 0.717) is 5.95 Å². The van der Waals surface area contributed by atoms with Gasteiger partial charge in [0, 0.05) is 35.4 Å². The Hall–Kier alpha value is -2.95. The molecular weight excluding hydrogens is 276 g/mol. The highest BCUT2D eigenvalue weighted by molar-refractivity contribution is 5.62. The monoisotopic (exact) mass is 292 g/mol. The average Bonchev–Trinajstić information content (AvgIpc) is 2.55. The number of nitrogens with zero attached hydrogens (tertiary/aromatic N) is 3. The molecule has 3 aromatic rings. The van der Waals surface area contributed by atoms with Crippen molar-refractivity contribution in [2.24, 2.45) is 0 Å². The molecule has 0 atom stereocenters. The van der Waals surface area contributed by atoms with Crippen molar-refractivity contribution >= 4 is 11.6 Å². The number of ether oxygens (including phenoxy) is 1. The van der Waals surface area contributed by atoms with Crippen LogP contribution < -0.4 is 10.1 Å². The van der Waals surface area contributed by atoms with Crippen molar-refractivity contribution in [1.29, 1.82) is 0 Å². The molecule has 3 rings (SSSR count). The third-order valence-corrected chi connectivity index (χ3v) is 3.17. The van der Waals surface area contributed by atoms with Crippen LogP contribution in [0.3, 0.4) is 0 Å². The summed E-state index contributed by atoms with van der Waals surface area (Å²) >= 11 is 0. The van der Waals surface area contributed by atoms with Gasteiger partial charge in [-0.15, -0.1) is 0 Å². The number of rotatable bonds is 4. The summed E-state index contributed by atoms with van der Waals surface area (Å²) in [5.74, 6) is 1.33. The van der Waals surface area contributed by atoms with Crippen LogP contribution in [0.2, 0.25) is 0 Å². The Morgan fingerprint density at radius 2 is 1.86 bits per heavy atom. The minimum Gasteiger partial charge on any atom is -0.497 e. The number of aryl methyl sites for hydroxylation is 1. The molecule has 0 aliphatic heterocycles. The van der Waals surface area contributed by atoms with Gasteiger partial charge in [-0.1, -0.05) is 6.07 Å². The van der Waals surface area contributed by atoms with Crippen LogP contribution >= 0.6 is 0 Å². The van der Waals surface area contributed by atoms with Gasteiger partial charge in [-0.3, -0.25) is 4.98 Å². The Morgan fingerprint density at radius 3 is 2.68 bits per heavy atom. The smallest absolute Gasteiger partial charge is 0.227 e. The van der Waals surface area contributed by atoms with Gasteiger partial charge in [0.2, 0.25) is 5.95 Å². The van der Waals surface area contributed by atoms with Crippen LogP contribution in [0.4, 0.5) is 11.6 Å². The van der Waals surface area contributed by atoms with Crippen molar-refractivity contribution in [2.45, 2.75) is 6.92 Å². The summed E-state index contributed by atoms with van der Waals surface area (Å²) in [5.41, 5.74) is 3.70. The summed E-state index contributed by atoms with van der Waals surface area (Å²) in [6, 6.07) is 13.5. The molecule has 0 aliphatic carbocycles. The Balaban J connectivity index is 1.88. The lowest BCUT2D eigenvalue weighted by Crippen LogP contribution is -1.98. The number of nitrogens with one attached hydrogen (secondary N) is 1. The second kappa shape index (κ2) is 6.22. The molecule has 2 heterocycles. The molecule has 5 heteroatoms. The Labute approximate surface area is 129 Å². The van der Waals surface area contributed by atoms with Crippen molar-refractivity contribution in [3.05, 3.63) is 60.6 Å². The number of hydrogen-bond donors (Lipinski definition) is 1. The maximum Gasteiger partial charge on any atom is 0.227 e. The van der Waals surface area contributed by atoms with Crippen LogP contribution in [0.15, 0.2) is 54.9 Å². The van der Waals surface area contributed by atoms with Crippen LogP contribution in [-0.4, -0.2) is 22.1 Å². The van der Waals surface area contributed by atoms with E-state index in [2.05, 4.69) is 20.3 Å². The van der Waals surface area contributed by atoms with E-state index in [0.717, 1.165) is 28.4 Å². The third kappa shape index (κ3) is 3.20. The predicted molar refractivity (Wildman–Crippen MR) is 86.3 cm³/mol. The van der Waals surface area contributed by atoms with E-state index in [1.165, 1.54) is 0 Å². The zero-order valence-electron chi connectivity index (χ0n) is 12.4. The third-order valence-electron chi connectivity index (χ3n) is 3.17. The number of aromatic nitrogens is 3. The lowest BCUT2D eigenvalue weighted by Gasteiger charge is -2.08. The molecule has 1 aromatic carbocycles. The maximum absolute atomic E-state index is 5.21. The van der Waals surface area contributed by atoms with E-state index in [9.17, 15) is 0 Å². The lowest BCUT2D eigenvalue weighted by molar-refractivity contribution is 0.415. The highest BCUT2D eigenvalue weighted by Crippen LogP contribution is 2.21. The average molecular weight is 292 g/mol. The van der Waals surface area contributed by atoms with Crippen LogP contribution in [0.25, 0.3) is 11.3 Å². The molecule has 0 saturated heterocycles. The summed E-state index contributed by atoms with van der Waals surface area (Å²) in [6.07, 6.45) is 3.52. The molecule has 22 heavy (non-hydrogen) atoms. The SMILES string of the molecule is COc1cccc(Nc2nccc(-c3ccnc(C)c3)n2)c1. The zero-order valence-corrected chi connectivity index (χ0v) is 12.4. The van der Waals surface area contributed by atoms with Gasteiger partial charge < -0.3 is 10.1 Å². The van der Waals surface area contributed by atoms with E-state index >= 15 is 0 Å². The van der Waals surface area contributed by atoms with Crippen molar-refractivity contribution in [3.63, 3.8) is 0 Å². The van der Waals surface area contributed by atoms with Gasteiger partial charge in [-0.25, -0.2) is 9.97 Å². The number of methoxy groups -OCH3 is 1. The van der Waals surface area contributed by atoms with Gasteiger partial charge in [0.1, 0.15) is 5.75 Å². The molecule has 2 aromatic heterocycles. The minimum absolute atomic E-state index is 0.542. The summed E-state index contributed by atoms with van der Waals surface area (Å²) in [6.45, 7) is 1.96. The van der Waals surface area contributed by atoms with E-state index < -0.39 is 0 Å². The van der Waals surface area contributed by atoms with Gasteiger partial charge >= 0.3 is 0 Å². The van der Waals surface area contributed by atoms with Gasteiger partial charge in [0.15, 0.2) is 0 Å². The van der Waals surface area contributed by atoms with Crippen molar-refractivity contribution in [2.75, 3.05) is 12.4 Å².